The lowest BCUT2D eigenvalue weighted by molar-refractivity contribution is 0.537. The first-order chi connectivity index (χ1) is 9.61. The van der Waals surface area contributed by atoms with E-state index in [2.05, 4.69) is 10.3 Å². The summed E-state index contributed by atoms with van der Waals surface area (Å²) in [5.74, 6) is 0. The molecule has 1 atom stereocenters. The van der Waals surface area contributed by atoms with Crippen molar-refractivity contribution < 1.29 is 0 Å². The van der Waals surface area contributed by atoms with Crippen molar-refractivity contribution in [3.63, 3.8) is 0 Å². The summed E-state index contributed by atoms with van der Waals surface area (Å²) < 4.78 is 0. The standard InChI is InChI=1S/C15H15Cl3N2/c1-2-19-14(7-10-5-3-4-6-12(10)17)15-13(18)8-11(16)9-20-15/h3-6,8-9,14,19H,2,7H2,1H3. The third-order valence-corrected chi connectivity index (χ3v) is 3.88. The van der Waals surface area contributed by atoms with E-state index in [0.717, 1.165) is 29.2 Å². The maximum atomic E-state index is 6.25. The lowest BCUT2D eigenvalue weighted by atomic mass is 10.0. The third-order valence-electron chi connectivity index (χ3n) is 3.00. The predicted octanol–water partition coefficient (Wildman–Crippen LogP) is 4.94. The highest BCUT2D eigenvalue weighted by Gasteiger charge is 2.17. The van der Waals surface area contributed by atoms with Crippen molar-refractivity contribution in [3.8, 4) is 0 Å². The van der Waals surface area contributed by atoms with E-state index in [4.69, 9.17) is 34.8 Å². The second-order valence-electron chi connectivity index (χ2n) is 4.43. The molecular formula is C15H15Cl3N2. The van der Waals surface area contributed by atoms with Gasteiger partial charge >= 0.3 is 0 Å². The van der Waals surface area contributed by atoms with Gasteiger partial charge in [0.1, 0.15) is 0 Å². The van der Waals surface area contributed by atoms with Gasteiger partial charge in [0.05, 0.1) is 21.8 Å². The molecule has 1 N–H and O–H groups in total. The van der Waals surface area contributed by atoms with Gasteiger partial charge in [0, 0.05) is 11.2 Å². The Morgan fingerprint density at radius 2 is 1.90 bits per heavy atom. The van der Waals surface area contributed by atoms with Gasteiger partial charge in [0.2, 0.25) is 0 Å². The lowest BCUT2D eigenvalue weighted by Gasteiger charge is -2.19. The Balaban J connectivity index is 2.29. The maximum Gasteiger partial charge on any atom is 0.0763 e. The Bertz CT molecular complexity index is 587. The summed E-state index contributed by atoms with van der Waals surface area (Å²) in [6, 6.07) is 9.50. The van der Waals surface area contributed by atoms with Gasteiger partial charge in [0.25, 0.3) is 0 Å². The number of nitrogens with one attached hydrogen (secondary N) is 1. The maximum absolute atomic E-state index is 6.25. The first-order valence-corrected chi connectivity index (χ1v) is 7.53. The topological polar surface area (TPSA) is 24.9 Å². The van der Waals surface area contributed by atoms with Crippen molar-refractivity contribution in [3.05, 3.63) is 62.9 Å². The van der Waals surface area contributed by atoms with Crippen molar-refractivity contribution in [2.75, 3.05) is 6.54 Å². The SMILES string of the molecule is CCNC(Cc1ccccc1Cl)c1ncc(Cl)cc1Cl. The Kier molecular flexibility index (Phi) is 5.67. The molecule has 0 amide bonds. The molecule has 2 aromatic rings. The van der Waals surface area contributed by atoms with Crippen LogP contribution < -0.4 is 5.32 Å². The summed E-state index contributed by atoms with van der Waals surface area (Å²) in [7, 11) is 0. The van der Waals surface area contributed by atoms with E-state index in [1.165, 1.54) is 0 Å². The largest absolute Gasteiger partial charge is 0.309 e. The first kappa shape index (κ1) is 15.6. The monoisotopic (exact) mass is 328 g/mol. The minimum absolute atomic E-state index is 0.00432. The molecule has 0 saturated heterocycles. The van der Waals surface area contributed by atoms with E-state index in [9.17, 15) is 0 Å². The molecule has 0 radical (unpaired) electrons. The highest BCUT2D eigenvalue weighted by Crippen LogP contribution is 2.28. The molecular weight excluding hydrogens is 315 g/mol. The highest BCUT2D eigenvalue weighted by atomic mass is 35.5. The molecule has 0 fully saturated rings. The van der Waals surface area contributed by atoms with Gasteiger partial charge in [-0.2, -0.15) is 0 Å². The van der Waals surface area contributed by atoms with Crippen LogP contribution in [0.15, 0.2) is 36.5 Å². The average Bonchev–Trinajstić information content (AvgIpc) is 2.41. The van der Waals surface area contributed by atoms with Crippen LogP contribution in [0.4, 0.5) is 0 Å². The molecule has 0 aliphatic rings. The molecule has 0 saturated carbocycles. The molecule has 0 bridgehead atoms. The fourth-order valence-corrected chi connectivity index (χ4v) is 2.80. The minimum atomic E-state index is 0.00432. The van der Waals surface area contributed by atoms with Crippen LogP contribution in [-0.4, -0.2) is 11.5 Å². The van der Waals surface area contributed by atoms with E-state index in [1.54, 1.807) is 12.3 Å². The smallest absolute Gasteiger partial charge is 0.0763 e. The Morgan fingerprint density at radius 1 is 1.15 bits per heavy atom. The molecule has 106 valence electrons. The quantitative estimate of drug-likeness (QED) is 0.841. The van der Waals surface area contributed by atoms with Crippen LogP contribution >= 0.6 is 34.8 Å². The molecule has 2 rings (SSSR count). The van der Waals surface area contributed by atoms with Crippen molar-refractivity contribution >= 4 is 34.8 Å². The number of nitrogens with zero attached hydrogens (tertiary/aromatic N) is 1. The number of rotatable bonds is 5. The lowest BCUT2D eigenvalue weighted by Crippen LogP contribution is -2.24. The van der Waals surface area contributed by atoms with Gasteiger partial charge < -0.3 is 5.32 Å². The molecule has 2 nitrogen and oxygen atoms in total. The summed E-state index contributed by atoms with van der Waals surface area (Å²) >= 11 is 18.4. The van der Waals surface area contributed by atoms with E-state index in [-0.39, 0.29) is 6.04 Å². The van der Waals surface area contributed by atoms with Crippen LogP contribution in [0.25, 0.3) is 0 Å². The zero-order valence-corrected chi connectivity index (χ0v) is 13.3. The van der Waals surface area contributed by atoms with Crippen LogP contribution in [0.5, 0.6) is 0 Å². The van der Waals surface area contributed by atoms with E-state index in [0.29, 0.717) is 10.0 Å². The Morgan fingerprint density at radius 3 is 2.55 bits per heavy atom. The third kappa shape index (κ3) is 3.86. The summed E-state index contributed by atoms with van der Waals surface area (Å²) in [5.41, 5.74) is 1.85. The molecule has 0 aliphatic carbocycles. The number of hydrogen-bond acceptors (Lipinski definition) is 2. The molecule has 1 aromatic carbocycles. The molecule has 20 heavy (non-hydrogen) atoms. The van der Waals surface area contributed by atoms with Crippen LogP contribution in [0.3, 0.4) is 0 Å². The zero-order chi connectivity index (χ0) is 14.5. The fourth-order valence-electron chi connectivity index (χ4n) is 2.08. The van der Waals surface area contributed by atoms with Crippen LogP contribution in [0, 0.1) is 0 Å². The number of benzene rings is 1. The molecule has 1 aromatic heterocycles. The Labute approximate surface area is 134 Å². The van der Waals surface area contributed by atoms with Crippen molar-refractivity contribution in [1.82, 2.24) is 10.3 Å². The molecule has 0 aliphatic heterocycles. The van der Waals surface area contributed by atoms with Gasteiger partial charge in [-0.3, -0.25) is 4.98 Å². The summed E-state index contributed by atoms with van der Waals surface area (Å²) in [5, 5.41) is 5.24. The molecule has 1 heterocycles. The zero-order valence-electron chi connectivity index (χ0n) is 11.0. The molecule has 1 unspecified atom stereocenters. The second-order valence-corrected chi connectivity index (χ2v) is 5.68. The van der Waals surface area contributed by atoms with Crippen LogP contribution in [0.2, 0.25) is 15.1 Å². The number of hydrogen-bond donors (Lipinski definition) is 1. The van der Waals surface area contributed by atoms with Crippen molar-refractivity contribution in [2.24, 2.45) is 0 Å². The number of pyridine rings is 1. The summed E-state index contributed by atoms with van der Waals surface area (Å²) in [4.78, 5) is 4.35. The number of aromatic nitrogens is 1. The van der Waals surface area contributed by atoms with Crippen molar-refractivity contribution in [2.45, 2.75) is 19.4 Å². The van der Waals surface area contributed by atoms with E-state index < -0.39 is 0 Å². The van der Waals surface area contributed by atoms with Gasteiger partial charge in [-0.1, -0.05) is 59.9 Å². The fraction of sp³-hybridized carbons (Fsp3) is 0.267. The molecule has 0 spiro atoms. The highest BCUT2D eigenvalue weighted by molar-refractivity contribution is 6.34. The Hall–Kier alpha value is -0.800. The first-order valence-electron chi connectivity index (χ1n) is 6.39. The average molecular weight is 330 g/mol. The second kappa shape index (κ2) is 7.28. The number of halogens is 3. The van der Waals surface area contributed by atoms with Crippen molar-refractivity contribution in [1.29, 1.82) is 0 Å². The van der Waals surface area contributed by atoms with E-state index in [1.807, 2.05) is 31.2 Å². The van der Waals surface area contributed by atoms with Gasteiger partial charge in [-0.25, -0.2) is 0 Å². The van der Waals surface area contributed by atoms with Gasteiger partial charge in [-0.05, 0) is 30.7 Å². The number of likely N-dealkylation sites (N-methyl/N-ethyl adjacent to an activating group) is 1. The van der Waals surface area contributed by atoms with E-state index >= 15 is 0 Å². The normalized spacial score (nSPS) is 12.4. The van der Waals surface area contributed by atoms with Crippen LogP contribution in [0.1, 0.15) is 24.2 Å². The van der Waals surface area contributed by atoms with Gasteiger partial charge in [-0.15, -0.1) is 0 Å². The minimum Gasteiger partial charge on any atom is -0.309 e. The molecule has 5 heteroatoms. The summed E-state index contributed by atoms with van der Waals surface area (Å²) in [6.45, 7) is 2.86. The van der Waals surface area contributed by atoms with Crippen LogP contribution in [-0.2, 0) is 6.42 Å². The predicted molar refractivity (Wildman–Crippen MR) is 85.8 cm³/mol. The summed E-state index contributed by atoms with van der Waals surface area (Å²) in [6.07, 6.45) is 2.33. The van der Waals surface area contributed by atoms with Gasteiger partial charge in [0.15, 0.2) is 0 Å².